The number of hydrogen-bond acceptors (Lipinski definition) is 2. The zero-order valence-electron chi connectivity index (χ0n) is 7.68. The highest BCUT2D eigenvalue weighted by atomic mass is 79.9. The van der Waals surface area contributed by atoms with Gasteiger partial charge in [-0.25, -0.2) is 4.98 Å². The van der Waals surface area contributed by atoms with E-state index in [1.807, 2.05) is 30.3 Å². The van der Waals surface area contributed by atoms with E-state index in [0.717, 1.165) is 26.9 Å². The summed E-state index contributed by atoms with van der Waals surface area (Å²) in [5, 5.41) is 10.6. The van der Waals surface area contributed by atoms with Crippen molar-refractivity contribution in [3.05, 3.63) is 41.1 Å². The fourth-order valence-electron chi connectivity index (χ4n) is 1.74. The van der Waals surface area contributed by atoms with Crippen molar-refractivity contribution in [2.24, 2.45) is 0 Å². The second-order valence-corrected chi connectivity index (χ2v) is 4.18. The van der Waals surface area contributed by atoms with Crippen LogP contribution in [0.5, 0.6) is 0 Å². The van der Waals surface area contributed by atoms with E-state index in [9.17, 15) is 5.21 Å². The Bertz CT molecular complexity index is 617. The first-order valence-electron chi connectivity index (χ1n) is 4.51. The number of para-hydroxylation sites is 1. The van der Waals surface area contributed by atoms with Gasteiger partial charge in [0.05, 0.1) is 17.4 Å². The summed E-state index contributed by atoms with van der Waals surface area (Å²) in [4.78, 5) is 4.42. The number of pyridine rings is 1. The fourth-order valence-corrected chi connectivity index (χ4v) is 2.07. The van der Waals surface area contributed by atoms with Crippen molar-refractivity contribution >= 4 is 26.8 Å². The van der Waals surface area contributed by atoms with Gasteiger partial charge in [0.2, 0.25) is 0 Å². The van der Waals surface area contributed by atoms with Gasteiger partial charge in [-0.15, -0.1) is 0 Å². The van der Waals surface area contributed by atoms with Crippen molar-refractivity contribution in [1.29, 1.82) is 0 Å². The Balaban J connectivity index is 2.50. The molecule has 0 amide bonds. The van der Waals surface area contributed by atoms with Crippen LogP contribution in [-0.2, 0) is 0 Å². The molecule has 1 aromatic rings. The molecule has 0 aliphatic carbocycles. The first-order valence-corrected chi connectivity index (χ1v) is 5.30. The summed E-state index contributed by atoms with van der Waals surface area (Å²) < 4.78 is 1.64. The third-order valence-corrected chi connectivity index (χ3v) is 3.03. The third-order valence-electron chi connectivity index (χ3n) is 2.44. The molecule has 0 atom stereocenters. The molecule has 2 aliphatic rings. The quantitative estimate of drug-likeness (QED) is 0.499. The first-order chi connectivity index (χ1) is 7.25. The molecule has 0 aromatic heterocycles. The summed E-state index contributed by atoms with van der Waals surface area (Å²) in [6.07, 6.45) is 1.60. The zero-order valence-corrected chi connectivity index (χ0v) is 9.27. The van der Waals surface area contributed by atoms with E-state index in [4.69, 9.17) is 0 Å². The van der Waals surface area contributed by atoms with Crippen molar-refractivity contribution in [3.8, 4) is 11.3 Å². The highest BCUT2D eigenvalue weighted by Gasteiger charge is 2.13. The van der Waals surface area contributed by atoms with Crippen LogP contribution in [0.3, 0.4) is 0 Å². The van der Waals surface area contributed by atoms with Crippen LogP contribution in [0.2, 0.25) is 0 Å². The largest absolute Gasteiger partial charge is 0.428 e. The molecule has 0 saturated carbocycles. The van der Waals surface area contributed by atoms with E-state index < -0.39 is 0 Å². The van der Waals surface area contributed by atoms with Crippen LogP contribution in [0, 0.1) is 0 Å². The average molecular weight is 263 g/mol. The Morgan fingerprint density at radius 1 is 1.27 bits per heavy atom. The molecule has 3 nitrogen and oxygen atoms in total. The number of hydrogen-bond donors (Lipinski definition) is 1. The Labute approximate surface area is 94.4 Å². The molecule has 0 fully saturated rings. The zero-order chi connectivity index (χ0) is 10.4. The van der Waals surface area contributed by atoms with Crippen molar-refractivity contribution in [2.75, 3.05) is 0 Å². The van der Waals surface area contributed by atoms with Crippen LogP contribution in [0.4, 0.5) is 0 Å². The van der Waals surface area contributed by atoms with E-state index in [2.05, 4.69) is 20.9 Å². The lowest BCUT2D eigenvalue weighted by Gasteiger charge is -2.03. The maximum atomic E-state index is 9.47. The summed E-state index contributed by atoms with van der Waals surface area (Å²) in [6.45, 7) is 0. The average Bonchev–Trinajstić information content (AvgIpc) is 2.57. The van der Waals surface area contributed by atoms with Gasteiger partial charge in [0.15, 0.2) is 0 Å². The summed E-state index contributed by atoms with van der Waals surface area (Å²) in [7, 11) is 0. The summed E-state index contributed by atoms with van der Waals surface area (Å²) >= 11 is 3.27. The lowest BCUT2D eigenvalue weighted by atomic mass is 10.1. The highest BCUT2D eigenvalue weighted by molar-refractivity contribution is 9.10. The molecule has 74 valence electrons. The van der Waals surface area contributed by atoms with Gasteiger partial charge in [-0.3, -0.25) is 0 Å². The SMILES string of the molecule is On1cc2nc3ccccc3c-2cc1Br. The molecule has 0 radical (unpaired) electrons. The Hall–Kier alpha value is -1.55. The predicted octanol–water partition coefficient (Wildman–Crippen LogP) is 3.14. The maximum Gasteiger partial charge on any atom is 0.123 e. The highest BCUT2D eigenvalue weighted by Crippen LogP contribution is 2.32. The minimum atomic E-state index is 0.619. The molecule has 0 spiro atoms. The second kappa shape index (κ2) is 2.97. The van der Waals surface area contributed by atoms with Gasteiger partial charge in [-0.05, 0) is 28.1 Å². The molecule has 0 bridgehead atoms. The molecule has 3 rings (SSSR count). The lowest BCUT2D eigenvalue weighted by molar-refractivity contribution is 0.178. The van der Waals surface area contributed by atoms with E-state index in [0.29, 0.717) is 4.60 Å². The minimum Gasteiger partial charge on any atom is -0.428 e. The second-order valence-electron chi connectivity index (χ2n) is 3.37. The lowest BCUT2D eigenvalue weighted by Crippen LogP contribution is -1.95. The number of fused-ring (bicyclic) bond motifs is 3. The summed E-state index contributed by atoms with van der Waals surface area (Å²) in [5.74, 6) is 0. The van der Waals surface area contributed by atoms with Gasteiger partial charge in [-0.2, -0.15) is 4.73 Å². The van der Waals surface area contributed by atoms with Gasteiger partial charge < -0.3 is 5.21 Å². The molecular weight excluding hydrogens is 256 g/mol. The van der Waals surface area contributed by atoms with Crippen molar-refractivity contribution < 1.29 is 5.21 Å². The minimum absolute atomic E-state index is 0.619. The van der Waals surface area contributed by atoms with Crippen LogP contribution < -0.4 is 0 Å². The van der Waals surface area contributed by atoms with E-state index in [-0.39, 0.29) is 0 Å². The number of rotatable bonds is 0. The van der Waals surface area contributed by atoms with Crippen LogP contribution >= 0.6 is 15.9 Å². The van der Waals surface area contributed by atoms with Gasteiger partial charge >= 0.3 is 0 Å². The monoisotopic (exact) mass is 262 g/mol. The fraction of sp³-hybridized carbons (Fsp3) is 0. The molecule has 2 heterocycles. The number of nitrogens with zero attached hydrogens (tertiary/aromatic N) is 2. The third kappa shape index (κ3) is 1.22. The van der Waals surface area contributed by atoms with Crippen LogP contribution in [0.15, 0.2) is 41.1 Å². The van der Waals surface area contributed by atoms with Crippen LogP contribution in [0.1, 0.15) is 0 Å². The van der Waals surface area contributed by atoms with Crippen molar-refractivity contribution in [2.45, 2.75) is 0 Å². The smallest absolute Gasteiger partial charge is 0.123 e. The number of halogens is 1. The van der Waals surface area contributed by atoms with Gasteiger partial charge in [0.1, 0.15) is 4.60 Å². The standard InChI is InChI=1S/C11H7BrN2O/c12-11-5-8-7-3-1-2-4-9(7)13-10(8)6-14(11)15/h1-6,15H. The van der Waals surface area contributed by atoms with Gasteiger partial charge in [0, 0.05) is 10.9 Å². The van der Waals surface area contributed by atoms with Crippen molar-refractivity contribution in [3.63, 3.8) is 0 Å². The number of aromatic nitrogens is 2. The molecule has 0 saturated heterocycles. The van der Waals surface area contributed by atoms with E-state index in [1.165, 1.54) is 0 Å². The first kappa shape index (κ1) is 8.73. The summed E-state index contributed by atoms with van der Waals surface area (Å²) in [6, 6.07) is 9.79. The Kier molecular flexibility index (Phi) is 1.73. The van der Waals surface area contributed by atoms with Gasteiger partial charge in [-0.1, -0.05) is 18.2 Å². The normalized spacial score (nSPS) is 11.3. The molecule has 15 heavy (non-hydrogen) atoms. The summed E-state index contributed by atoms with van der Waals surface area (Å²) in [5.41, 5.74) is 2.79. The van der Waals surface area contributed by atoms with E-state index >= 15 is 0 Å². The van der Waals surface area contributed by atoms with Crippen LogP contribution in [-0.4, -0.2) is 14.9 Å². The number of benzene rings is 1. The molecule has 4 heteroatoms. The van der Waals surface area contributed by atoms with Crippen LogP contribution in [0.25, 0.3) is 22.2 Å². The molecule has 1 N–H and O–H groups in total. The molecule has 1 aromatic carbocycles. The maximum absolute atomic E-state index is 9.47. The Morgan fingerprint density at radius 2 is 2.07 bits per heavy atom. The predicted molar refractivity (Wildman–Crippen MR) is 61.2 cm³/mol. The molecule has 0 unspecified atom stereocenters. The van der Waals surface area contributed by atoms with Crippen molar-refractivity contribution in [1.82, 2.24) is 9.71 Å². The molecule has 2 aliphatic heterocycles. The van der Waals surface area contributed by atoms with Gasteiger partial charge in [0.25, 0.3) is 0 Å². The van der Waals surface area contributed by atoms with E-state index in [1.54, 1.807) is 6.20 Å². The molecular formula is C11H7BrN2O. The topological polar surface area (TPSA) is 38.0 Å². The Morgan fingerprint density at radius 3 is 2.93 bits per heavy atom.